The van der Waals surface area contributed by atoms with Gasteiger partial charge in [-0.3, -0.25) is 4.57 Å². The van der Waals surface area contributed by atoms with Crippen molar-refractivity contribution in [3.8, 4) is 28.2 Å². The Morgan fingerprint density at radius 1 is 0.426 bits per heavy atom. The molecule has 0 bridgehead atoms. The minimum absolute atomic E-state index is 0.830. The van der Waals surface area contributed by atoms with Crippen molar-refractivity contribution in [2.75, 3.05) is 0 Å². The molecule has 0 N–H and O–H groups in total. The van der Waals surface area contributed by atoms with Crippen molar-refractivity contribution in [1.82, 2.24) is 14.5 Å². The van der Waals surface area contributed by atoms with Gasteiger partial charge in [0, 0.05) is 37.2 Å². The molecule has 54 heavy (non-hydrogen) atoms. The number of benzene rings is 9. The highest BCUT2D eigenvalue weighted by molar-refractivity contribution is 7.27. The van der Waals surface area contributed by atoms with Gasteiger partial charge in [-0.05, 0) is 62.3 Å². The first kappa shape index (κ1) is 29.7. The maximum absolute atomic E-state index is 5.69. The Bertz CT molecular complexity index is 3490. The monoisotopic (exact) mass is 703 g/mol. The number of rotatable bonds is 3. The van der Waals surface area contributed by atoms with E-state index in [1.807, 2.05) is 11.3 Å². The Morgan fingerprint density at radius 3 is 1.83 bits per heavy atom. The van der Waals surface area contributed by atoms with Crippen molar-refractivity contribution in [2.45, 2.75) is 0 Å². The zero-order chi connectivity index (χ0) is 35.3. The summed E-state index contributed by atoms with van der Waals surface area (Å²) < 4.78 is 4.96. The lowest BCUT2D eigenvalue weighted by Crippen LogP contribution is -2.04. The number of hydrogen-bond acceptors (Lipinski definition) is 3. The van der Waals surface area contributed by atoms with Gasteiger partial charge in [-0.25, -0.2) is 9.97 Å². The molecule has 0 amide bonds. The first-order chi connectivity index (χ1) is 26.8. The van der Waals surface area contributed by atoms with Gasteiger partial charge in [0.25, 0.3) is 0 Å². The number of nitrogens with zero attached hydrogens (tertiary/aromatic N) is 3. The van der Waals surface area contributed by atoms with Crippen LogP contribution in [-0.4, -0.2) is 14.5 Å². The summed E-state index contributed by atoms with van der Waals surface area (Å²) >= 11 is 1.88. The second-order valence-electron chi connectivity index (χ2n) is 14.1. The molecule has 4 heteroatoms. The van der Waals surface area contributed by atoms with Gasteiger partial charge < -0.3 is 0 Å². The van der Waals surface area contributed by atoms with Crippen LogP contribution in [0.15, 0.2) is 176 Å². The summed E-state index contributed by atoms with van der Waals surface area (Å²) in [6.07, 6.45) is 0. The first-order valence-electron chi connectivity index (χ1n) is 18.3. The van der Waals surface area contributed by atoms with Crippen molar-refractivity contribution in [2.24, 2.45) is 0 Å². The van der Waals surface area contributed by atoms with Gasteiger partial charge in [-0.1, -0.05) is 152 Å². The maximum atomic E-state index is 5.69. The van der Waals surface area contributed by atoms with E-state index in [9.17, 15) is 0 Å². The molecule has 0 radical (unpaired) electrons. The summed E-state index contributed by atoms with van der Waals surface area (Å²) in [4.78, 5) is 11.2. The average molecular weight is 704 g/mol. The van der Waals surface area contributed by atoms with Crippen molar-refractivity contribution in [1.29, 1.82) is 0 Å². The van der Waals surface area contributed by atoms with Crippen LogP contribution in [0, 0.1) is 0 Å². The molecule has 3 aromatic heterocycles. The predicted octanol–water partition coefficient (Wildman–Crippen LogP) is 13.9. The highest BCUT2D eigenvalue weighted by atomic mass is 32.1. The van der Waals surface area contributed by atoms with Crippen LogP contribution in [0.25, 0.3) is 114 Å². The molecule has 0 saturated heterocycles. The van der Waals surface area contributed by atoms with E-state index in [2.05, 4.69) is 180 Å². The van der Waals surface area contributed by atoms with E-state index in [4.69, 9.17) is 9.97 Å². The lowest BCUT2D eigenvalue weighted by atomic mass is 9.98. The zero-order valence-electron chi connectivity index (χ0n) is 29.0. The third-order valence-electron chi connectivity index (χ3n) is 11.1. The van der Waals surface area contributed by atoms with Crippen LogP contribution in [0.4, 0.5) is 0 Å². The third-order valence-corrected chi connectivity index (χ3v) is 12.3. The van der Waals surface area contributed by atoms with E-state index in [0.29, 0.717) is 0 Å². The fraction of sp³-hybridized carbons (Fsp3) is 0. The summed E-state index contributed by atoms with van der Waals surface area (Å²) in [7, 11) is 0. The molecule has 0 unspecified atom stereocenters. The molecule has 9 aromatic carbocycles. The fourth-order valence-corrected chi connectivity index (χ4v) is 9.95. The van der Waals surface area contributed by atoms with Gasteiger partial charge in [-0.15, -0.1) is 11.3 Å². The largest absolute Gasteiger partial charge is 0.290 e. The number of para-hydroxylation sites is 1. The average Bonchev–Trinajstić information content (AvgIpc) is 3.79. The molecule has 0 atom stereocenters. The van der Waals surface area contributed by atoms with Crippen LogP contribution in [0.2, 0.25) is 0 Å². The van der Waals surface area contributed by atoms with E-state index in [0.717, 1.165) is 44.4 Å². The van der Waals surface area contributed by atoms with Crippen molar-refractivity contribution in [3.63, 3.8) is 0 Å². The Labute approximate surface area is 314 Å². The molecule has 250 valence electrons. The Hall–Kier alpha value is -6.88. The quantitative estimate of drug-likeness (QED) is 0.172. The Morgan fingerprint density at radius 2 is 1.04 bits per heavy atom. The topological polar surface area (TPSA) is 30.7 Å². The van der Waals surface area contributed by atoms with Gasteiger partial charge >= 0.3 is 0 Å². The number of aromatic nitrogens is 3. The van der Waals surface area contributed by atoms with Gasteiger partial charge in [0.15, 0.2) is 5.82 Å². The molecule has 3 nitrogen and oxygen atoms in total. The van der Waals surface area contributed by atoms with Gasteiger partial charge in [-0.2, -0.15) is 0 Å². The number of fused-ring (bicyclic) bond motifs is 14. The second-order valence-corrected chi connectivity index (χ2v) is 15.2. The second kappa shape index (κ2) is 11.3. The minimum atomic E-state index is 0.830. The van der Waals surface area contributed by atoms with Crippen molar-refractivity contribution in [3.05, 3.63) is 176 Å². The molecule has 3 heterocycles. The van der Waals surface area contributed by atoms with Crippen LogP contribution < -0.4 is 0 Å². The van der Waals surface area contributed by atoms with Gasteiger partial charge in [0.05, 0.1) is 26.8 Å². The molecule has 0 saturated carbocycles. The molecule has 0 fully saturated rings. The minimum Gasteiger partial charge on any atom is -0.290 e. The summed E-state index contributed by atoms with van der Waals surface area (Å²) in [5, 5.41) is 12.3. The smallest absolute Gasteiger partial charge is 0.165 e. The zero-order valence-corrected chi connectivity index (χ0v) is 29.8. The molecule has 12 aromatic rings. The lowest BCUT2D eigenvalue weighted by molar-refractivity contribution is 1.09. The van der Waals surface area contributed by atoms with Gasteiger partial charge in [0.1, 0.15) is 5.69 Å². The summed E-state index contributed by atoms with van der Waals surface area (Å²) in [5.74, 6) is 0.830. The molecule has 0 aliphatic carbocycles. The van der Waals surface area contributed by atoms with E-state index >= 15 is 0 Å². The van der Waals surface area contributed by atoms with Crippen molar-refractivity contribution >= 4 is 96.7 Å². The SMILES string of the molecule is c1ccc(-c2ccc(-c3nc4ccc5ccccc5c4nc3-n3c4ccccc4c4c5ccccc5c5c6cc7ccccc7cc6sc5c43)cc2)cc1. The molecule has 12 rings (SSSR count). The molecular formula is C50H29N3S. The normalized spacial score (nSPS) is 12.1. The van der Waals surface area contributed by atoms with Crippen LogP contribution in [0.3, 0.4) is 0 Å². The Kier molecular flexibility index (Phi) is 6.21. The lowest BCUT2D eigenvalue weighted by Gasteiger charge is -2.15. The van der Waals surface area contributed by atoms with Crippen LogP contribution >= 0.6 is 11.3 Å². The molecular weight excluding hydrogens is 675 g/mol. The number of thiophene rings is 1. The first-order valence-corrected chi connectivity index (χ1v) is 19.1. The maximum Gasteiger partial charge on any atom is 0.165 e. The molecule has 0 aliphatic rings. The standard InChI is InChI=1S/C50H29N3S/c1-2-12-30(13-3-1)31-22-24-33(25-23-31)46-50(52-47-36-17-7-6-14-32(36)26-27-41(47)51-46)53-42-21-11-10-20-39(42)44-37-18-8-9-19-38(37)45-40-28-34-15-4-5-16-35(34)29-43(40)54-49(45)48(44)53/h1-29H. The van der Waals surface area contributed by atoms with Crippen LogP contribution in [0.1, 0.15) is 0 Å². The third kappa shape index (κ3) is 4.23. The fourth-order valence-electron chi connectivity index (χ4n) is 8.66. The molecule has 0 spiro atoms. The summed E-state index contributed by atoms with van der Waals surface area (Å²) in [6.45, 7) is 0. The van der Waals surface area contributed by atoms with E-state index < -0.39 is 0 Å². The highest BCUT2D eigenvalue weighted by Gasteiger charge is 2.25. The van der Waals surface area contributed by atoms with Crippen LogP contribution in [-0.2, 0) is 0 Å². The van der Waals surface area contributed by atoms with Gasteiger partial charge in [0.2, 0.25) is 0 Å². The van der Waals surface area contributed by atoms with E-state index in [-0.39, 0.29) is 0 Å². The summed E-state index contributed by atoms with van der Waals surface area (Å²) in [5.41, 5.74) is 8.31. The number of hydrogen-bond donors (Lipinski definition) is 0. The van der Waals surface area contributed by atoms with Crippen LogP contribution in [0.5, 0.6) is 0 Å². The van der Waals surface area contributed by atoms with E-state index in [1.165, 1.54) is 69.1 Å². The highest BCUT2D eigenvalue weighted by Crippen LogP contribution is 2.49. The predicted molar refractivity (Wildman–Crippen MR) is 230 cm³/mol. The summed E-state index contributed by atoms with van der Waals surface area (Å²) in [6, 6.07) is 63.3. The molecule has 0 aliphatic heterocycles. The van der Waals surface area contributed by atoms with Crippen molar-refractivity contribution < 1.29 is 0 Å². The Balaban J connectivity index is 1.27. The van der Waals surface area contributed by atoms with E-state index in [1.54, 1.807) is 0 Å².